The summed E-state index contributed by atoms with van der Waals surface area (Å²) in [6, 6.07) is 3.80. The van der Waals surface area contributed by atoms with Crippen LogP contribution >= 0.6 is 0 Å². The number of pyridine rings is 2. The third-order valence-corrected chi connectivity index (χ3v) is 5.09. The van der Waals surface area contributed by atoms with Crippen molar-refractivity contribution in [1.29, 1.82) is 0 Å². The first-order valence-electron chi connectivity index (χ1n) is 9.45. The van der Waals surface area contributed by atoms with E-state index in [0.717, 1.165) is 27.6 Å². The Hall–Kier alpha value is -2.80. The molecular formula is C21H23FN4O2. The maximum Gasteiger partial charge on any atom is 0.231 e. The molecule has 3 N–H and O–H groups in total. The number of rotatable bonds is 5. The summed E-state index contributed by atoms with van der Waals surface area (Å²) in [6.07, 6.45) is 7.00. The van der Waals surface area contributed by atoms with E-state index in [4.69, 9.17) is 0 Å². The fraction of sp³-hybridized carbons (Fsp3) is 0.381. The van der Waals surface area contributed by atoms with E-state index in [1.54, 1.807) is 25.4 Å². The molecule has 0 aromatic carbocycles. The summed E-state index contributed by atoms with van der Waals surface area (Å²) in [6.45, 7) is 3.81. The third kappa shape index (κ3) is 3.89. The van der Waals surface area contributed by atoms with Crippen molar-refractivity contribution in [3.63, 3.8) is 0 Å². The minimum absolute atomic E-state index is 0.104. The highest BCUT2D eigenvalue weighted by Crippen LogP contribution is 2.34. The summed E-state index contributed by atoms with van der Waals surface area (Å²) >= 11 is 0. The summed E-state index contributed by atoms with van der Waals surface area (Å²) in [7, 11) is 0. The fourth-order valence-corrected chi connectivity index (χ4v) is 3.43. The number of aliphatic hydroxyl groups excluding tert-OH is 1. The Morgan fingerprint density at radius 1 is 1.36 bits per heavy atom. The van der Waals surface area contributed by atoms with Gasteiger partial charge in [-0.15, -0.1) is 0 Å². The van der Waals surface area contributed by atoms with Crippen molar-refractivity contribution in [3.8, 4) is 0 Å². The molecule has 1 fully saturated rings. The van der Waals surface area contributed by atoms with Gasteiger partial charge in [-0.25, -0.2) is 9.37 Å². The standard InChI is InChI=1S/C21H23FN4O2/c1-11-3-15(4-12(2)27)23-10-17(11)19-5-13-9-25-20(6-14(13)8-24-19)26-21(28)16-7-18(16)22/h3,5-6,8-10,12,15-16,18,23,27H,4,7H2,1-2H3,(H,25,26,28). The minimum Gasteiger partial charge on any atom is -0.393 e. The minimum atomic E-state index is -1.03. The molecule has 2 aromatic heterocycles. The first-order chi connectivity index (χ1) is 13.4. The number of halogens is 1. The van der Waals surface area contributed by atoms with Crippen LogP contribution in [0.3, 0.4) is 0 Å². The van der Waals surface area contributed by atoms with Crippen LogP contribution in [-0.2, 0) is 4.79 Å². The van der Waals surface area contributed by atoms with Crippen molar-refractivity contribution < 1.29 is 14.3 Å². The van der Waals surface area contributed by atoms with Crippen molar-refractivity contribution in [1.82, 2.24) is 15.3 Å². The number of aromatic nitrogens is 2. The SMILES string of the molecule is CC1=CC(CC(C)O)NC=C1c1cc2cnc(NC(=O)C3CC3F)cc2cn1. The number of allylic oxidation sites excluding steroid dienone is 2. The molecule has 1 aliphatic carbocycles. The van der Waals surface area contributed by atoms with E-state index in [-0.39, 0.29) is 18.1 Å². The topological polar surface area (TPSA) is 87.1 Å². The summed E-state index contributed by atoms with van der Waals surface area (Å²) in [4.78, 5) is 20.7. The molecule has 0 bridgehead atoms. The number of nitrogens with zero attached hydrogens (tertiary/aromatic N) is 2. The molecule has 3 heterocycles. The molecule has 1 saturated carbocycles. The summed E-state index contributed by atoms with van der Waals surface area (Å²) in [5.41, 5.74) is 2.91. The monoisotopic (exact) mass is 382 g/mol. The third-order valence-electron chi connectivity index (χ3n) is 5.09. The van der Waals surface area contributed by atoms with E-state index in [0.29, 0.717) is 18.7 Å². The Morgan fingerprint density at radius 2 is 2.07 bits per heavy atom. The van der Waals surface area contributed by atoms with Crippen LogP contribution in [-0.4, -0.2) is 39.3 Å². The summed E-state index contributed by atoms with van der Waals surface area (Å²) in [5.74, 6) is -0.465. The van der Waals surface area contributed by atoms with Gasteiger partial charge in [0, 0.05) is 41.0 Å². The Kier molecular flexibility index (Phi) is 4.85. The van der Waals surface area contributed by atoms with Crippen molar-refractivity contribution in [2.75, 3.05) is 5.32 Å². The Bertz CT molecular complexity index is 986. The van der Waals surface area contributed by atoms with E-state index < -0.39 is 12.1 Å². The lowest BCUT2D eigenvalue weighted by Gasteiger charge is -2.23. The second kappa shape index (κ2) is 7.31. The lowest BCUT2D eigenvalue weighted by Crippen LogP contribution is -2.29. The average molecular weight is 382 g/mol. The van der Waals surface area contributed by atoms with Crippen LogP contribution in [0, 0.1) is 5.92 Å². The quantitative estimate of drug-likeness (QED) is 0.740. The lowest BCUT2D eigenvalue weighted by atomic mass is 9.96. The molecule has 4 atom stereocenters. The molecular weight excluding hydrogens is 359 g/mol. The molecule has 1 amide bonds. The van der Waals surface area contributed by atoms with Gasteiger partial charge in [-0.1, -0.05) is 6.08 Å². The molecule has 146 valence electrons. The lowest BCUT2D eigenvalue weighted by molar-refractivity contribution is -0.117. The molecule has 0 spiro atoms. The van der Waals surface area contributed by atoms with E-state index in [1.165, 1.54) is 0 Å². The Balaban J connectivity index is 1.52. The molecule has 4 unspecified atom stereocenters. The second-order valence-corrected chi connectivity index (χ2v) is 7.60. The van der Waals surface area contributed by atoms with E-state index in [2.05, 4.69) is 26.7 Å². The Labute approximate surface area is 162 Å². The van der Waals surface area contributed by atoms with Crippen LogP contribution in [0.2, 0.25) is 0 Å². The largest absolute Gasteiger partial charge is 0.393 e. The molecule has 2 aromatic rings. The van der Waals surface area contributed by atoms with Crippen LogP contribution in [0.25, 0.3) is 16.3 Å². The van der Waals surface area contributed by atoms with Gasteiger partial charge in [-0.3, -0.25) is 9.78 Å². The maximum absolute atomic E-state index is 13.0. The number of hydrogen-bond acceptors (Lipinski definition) is 5. The zero-order valence-electron chi connectivity index (χ0n) is 15.8. The van der Waals surface area contributed by atoms with Gasteiger partial charge in [0.05, 0.1) is 17.7 Å². The zero-order valence-corrected chi connectivity index (χ0v) is 15.8. The van der Waals surface area contributed by atoms with Crippen LogP contribution in [0.15, 0.2) is 42.4 Å². The highest BCUT2D eigenvalue weighted by Gasteiger charge is 2.43. The summed E-state index contributed by atoms with van der Waals surface area (Å²) < 4.78 is 13.0. The first kappa shape index (κ1) is 18.6. The second-order valence-electron chi connectivity index (χ2n) is 7.60. The van der Waals surface area contributed by atoms with Crippen molar-refractivity contribution in [2.24, 2.45) is 5.92 Å². The number of amides is 1. The smallest absolute Gasteiger partial charge is 0.231 e. The molecule has 2 aliphatic rings. The summed E-state index contributed by atoms with van der Waals surface area (Å²) in [5, 5.41) is 17.3. The zero-order chi connectivity index (χ0) is 19.8. The molecule has 28 heavy (non-hydrogen) atoms. The van der Waals surface area contributed by atoms with Gasteiger partial charge in [0.15, 0.2) is 0 Å². The molecule has 4 rings (SSSR count). The van der Waals surface area contributed by atoms with E-state index in [1.807, 2.05) is 19.2 Å². The van der Waals surface area contributed by atoms with E-state index >= 15 is 0 Å². The van der Waals surface area contributed by atoms with Crippen LogP contribution in [0.4, 0.5) is 10.2 Å². The Morgan fingerprint density at radius 3 is 2.75 bits per heavy atom. The molecule has 7 heteroatoms. The normalized spacial score (nSPS) is 24.8. The van der Waals surface area contributed by atoms with Crippen molar-refractivity contribution in [2.45, 2.75) is 45.0 Å². The fourth-order valence-electron chi connectivity index (χ4n) is 3.43. The molecule has 1 aliphatic heterocycles. The van der Waals surface area contributed by atoms with Crippen LogP contribution < -0.4 is 10.6 Å². The number of alkyl halides is 1. The highest BCUT2D eigenvalue weighted by atomic mass is 19.1. The van der Waals surface area contributed by atoms with Crippen LogP contribution in [0.5, 0.6) is 0 Å². The molecule has 0 saturated heterocycles. The predicted octanol–water partition coefficient (Wildman–Crippen LogP) is 2.96. The number of fused-ring (bicyclic) bond motifs is 1. The average Bonchev–Trinajstić information content (AvgIpc) is 3.38. The van der Waals surface area contributed by atoms with Gasteiger partial charge in [-0.05, 0) is 44.4 Å². The number of aliphatic hydroxyl groups is 1. The van der Waals surface area contributed by atoms with Gasteiger partial charge in [0.1, 0.15) is 12.0 Å². The number of carbonyl (C=O) groups is 1. The van der Waals surface area contributed by atoms with Crippen molar-refractivity contribution >= 4 is 28.1 Å². The number of hydrogen-bond donors (Lipinski definition) is 3. The van der Waals surface area contributed by atoms with Crippen LogP contribution in [0.1, 0.15) is 32.4 Å². The van der Waals surface area contributed by atoms with Gasteiger partial charge < -0.3 is 15.7 Å². The van der Waals surface area contributed by atoms with Gasteiger partial charge in [0.25, 0.3) is 0 Å². The number of dihydropyridines is 1. The maximum atomic E-state index is 13.0. The van der Waals surface area contributed by atoms with E-state index in [9.17, 15) is 14.3 Å². The first-order valence-corrected chi connectivity index (χ1v) is 9.45. The van der Waals surface area contributed by atoms with Gasteiger partial charge in [0.2, 0.25) is 5.91 Å². The molecule has 6 nitrogen and oxygen atoms in total. The number of anilines is 1. The molecule has 0 radical (unpaired) electrons. The van der Waals surface area contributed by atoms with Gasteiger partial charge >= 0.3 is 0 Å². The number of carbonyl (C=O) groups excluding carboxylic acids is 1. The predicted molar refractivity (Wildman–Crippen MR) is 106 cm³/mol. The van der Waals surface area contributed by atoms with Crippen molar-refractivity contribution in [3.05, 3.63) is 48.1 Å². The number of nitrogens with one attached hydrogen (secondary N) is 2. The highest BCUT2D eigenvalue weighted by molar-refractivity contribution is 5.96. The van der Waals surface area contributed by atoms with Gasteiger partial charge in [-0.2, -0.15) is 0 Å².